The monoisotopic (exact) mass is 288 g/mol. The molecular formula is C15H20N4O2. The Bertz CT molecular complexity index is 637. The fourth-order valence-corrected chi connectivity index (χ4v) is 1.99. The van der Waals surface area contributed by atoms with Gasteiger partial charge in [-0.2, -0.15) is 0 Å². The zero-order chi connectivity index (χ0) is 15.2. The number of rotatable bonds is 6. The van der Waals surface area contributed by atoms with Crippen molar-refractivity contribution in [1.29, 1.82) is 0 Å². The molecule has 0 saturated heterocycles. The van der Waals surface area contributed by atoms with Crippen molar-refractivity contribution in [3.05, 3.63) is 40.4 Å². The van der Waals surface area contributed by atoms with E-state index in [1.54, 1.807) is 13.3 Å². The van der Waals surface area contributed by atoms with E-state index >= 15 is 0 Å². The van der Waals surface area contributed by atoms with Gasteiger partial charge in [0.2, 0.25) is 0 Å². The van der Waals surface area contributed by atoms with Crippen LogP contribution in [-0.2, 0) is 11.2 Å². The van der Waals surface area contributed by atoms with E-state index in [4.69, 9.17) is 4.74 Å². The first-order chi connectivity index (χ1) is 10.1. The van der Waals surface area contributed by atoms with Crippen molar-refractivity contribution in [2.24, 2.45) is 0 Å². The normalized spacial score (nSPS) is 12.1. The van der Waals surface area contributed by atoms with Gasteiger partial charge in [-0.3, -0.25) is 4.79 Å². The first kappa shape index (κ1) is 15.2. The number of methoxy groups -OCH3 is 1. The molecule has 2 N–H and O–H groups in total. The van der Waals surface area contributed by atoms with Gasteiger partial charge in [0.25, 0.3) is 5.56 Å². The van der Waals surface area contributed by atoms with E-state index in [2.05, 4.69) is 20.3 Å². The van der Waals surface area contributed by atoms with Crippen LogP contribution in [-0.4, -0.2) is 34.7 Å². The molecule has 21 heavy (non-hydrogen) atoms. The molecule has 0 unspecified atom stereocenters. The van der Waals surface area contributed by atoms with E-state index in [0.717, 1.165) is 23.5 Å². The molecule has 0 spiro atoms. The van der Waals surface area contributed by atoms with E-state index in [-0.39, 0.29) is 11.6 Å². The maximum absolute atomic E-state index is 11.6. The van der Waals surface area contributed by atoms with Crippen molar-refractivity contribution in [3.63, 3.8) is 0 Å². The Morgan fingerprint density at radius 2 is 2.24 bits per heavy atom. The molecule has 2 rings (SSSR count). The van der Waals surface area contributed by atoms with E-state index in [9.17, 15) is 4.79 Å². The molecule has 6 nitrogen and oxygen atoms in total. The Morgan fingerprint density at radius 1 is 1.43 bits per heavy atom. The maximum Gasteiger partial charge on any atom is 0.251 e. The number of anilines is 1. The lowest BCUT2D eigenvalue weighted by atomic mass is 10.2. The average molecular weight is 288 g/mol. The largest absolute Gasteiger partial charge is 0.383 e. The van der Waals surface area contributed by atoms with E-state index in [0.29, 0.717) is 12.4 Å². The predicted octanol–water partition coefficient (Wildman–Crippen LogP) is 1.84. The SMILES string of the molecule is CCc1cc(=O)[nH]c(-c2ccc(N[C@@H](C)COC)nc2)n1. The van der Waals surface area contributed by atoms with Crippen LogP contribution in [0, 0.1) is 0 Å². The maximum atomic E-state index is 11.6. The Labute approximate surface area is 123 Å². The molecule has 0 amide bonds. The van der Waals surface area contributed by atoms with Crippen molar-refractivity contribution in [2.75, 3.05) is 19.0 Å². The summed E-state index contributed by atoms with van der Waals surface area (Å²) in [7, 11) is 1.66. The molecule has 112 valence electrons. The molecular weight excluding hydrogens is 268 g/mol. The Balaban J connectivity index is 2.19. The zero-order valence-corrected chi connectivity index (χ0v) is 12.5. The molecule has 0 fully saturated rings. The summed E-state index contributed by atoms with van der Waals surface area (Å²) in [6, 6.07) is 5.43. The number of nitrogens with one attached hydrogen (secondary N) is 2. The van der Waals surface area contributed by atoms with Crippen LogP contribution in [0.25, 0.3) is 11.4 Å². The summed E-state index contributed by atoms with van der Waals surface area (Å²) in [6.07, 6.45) is 2.41. The van der Waals surface area contributed by atoms with Gasteiger partial charge in [-0.05, 0) is 25.5 Å². The fraction of sp³-hybridized carbons (Fsp3) is 0.400. The molecule has 2 aromatic heterocycles. The second-order valence-corrected chi connectivity index (χ2v) is 4.87. The summed E-state index contributed by atoms with van der Waals surface area (Å²) < 4.78 is 5.07. The molecule has 0 aromatic carbocycles. The van der Waals surface area contributed by atoms with Crippen LogP contribution in [0.3, 0.4) is 0 Å². The van der Waals surface area contributed by atoms with Gasteiger partial charge < -0.3 is 15.0 Å². The van der Waals surface area contributed by atoms with E-state index in [1.165, 1.54) is 6.07 Å². The number of hydrogen-bond donors (Lipinski definition) is 2. The van der Waals surface area contributed by atoms with Crippen LogP contribution in [0.4, 0.5) is 5.82 Å². The number of aromatic nitrogens is 3. The topological polar surface area (TPSA) is 79.9 Å². The molecule has 2 aromatic rings. The van der Waals surface area contributed by atoms with E-state index < -0.39 is 0 Å². The average Bonchev–Trinajstić information content (AvgIpc) is 2.47. The van der Waals surface area contributed by atoms with Gasteiger partial charge in [-0.1, -0.05) is 6.92 Å². The van der Waals surface area contributed by atoms with Crippen LogP contribution in [0.15, 0.2) is 29.2 Å². The third-order valence-electron chi connectivity index (χ3n) is 3.00. The highest BCUT2D eigenvalue weighted by Crippen LogP contribution is 2.15. The second kappa shape index (κ2) is 6.99. The fourth-order valence-electron chi connectivity index (χ4n) is 1.99. The molecule has 1 atom stereocenters. The third kappa shape index (κ3) is 4.13. The van der Waals surface area contributed by atoms with Crippen LogP contribution in [0.1, 0.15) is 19.5 Å². The Kier molecular flexibility index (Phi) is 5.05. The van der Waals surface area contributed by atoms with Crippen LogP contribution < -0.4 is 10.9 Å². The summed E-state index contributed by atoms with van der Waals surface area (Å²) in [4.78, 5) is 23.1. The number of ether oxygens (including phenoxy) is 1. The molecule has 0 aliphatic heterocycles. The minimum absolute atomic E-state index is 0.146. The Hall–Kier alpha value is -2.21. The molecule has 0 bridgehead atoms. The van der Waals surface area contributed by atoms with Crippen molar-refractivity contribution < 1.29 is 4.74 Å². The standard InChI is InChI=1S/C15H20N4O2/c1-4-12-7-14(20)19-15(18-12)11-5-6-13(16-8-11)17-10(2)9-21-3/h5-8,10H,4,9H2,1-3H3,(H,16,17)(H,18,19,20)/t10-/m0/s1. The highest BCUT2D eigenvalue weighted by atomic mass is 16.5. The van der Waals surface area contributed by atoms with Gasteiger partial charge in [-0.25, -0.2) is 9.97 Å². The van der Waals surface area contributed by atoms with Crippen LogP contribution >= 0.6 is 0 Å². The summed E-state index contributed by atoms with van der Waals surface area (Å²) in [5, 5.41) is 3.23. The highest BCUT2D eigenvalue weighted by Gasteiger charge is 2.06. The molecule has 0 aliphatic rings. The van der Waals surface area contributed by atoms with Crippen LogP contribution in [0.5, 0.6) is 0 Å². The second-order valence-electron chi connectivity index (χ2n) is 4.87. The molecule has 2 heterocycles. The first-order valence-electron chi connectivity index (χ1n) is 6.94. The summed E-state index contributed by atoms with van der Waals surface area (Å²) in [5.74, 6) is 1.31. The lowest BCUT2D eigenvalue weighted by Crippen LogP contribution is -2.21. The van der Waals surface area contributed by atoms with Gasteiger partial charge in [0.05, 0.1) is 6.61 Å². The highest BCUT2D eigenvalue weighted by molar-refractivity contribution is 5.55. The minimum Gasteiger partial charge on any atom is -0.383 e. The van der Waals surface area contributed by atoms with Gasteiger partial charge in [0.15, 0.2) is 0 Å². The van der Waals surface area contributed by atoms with Crippen molar-refractivity contribution in [2.45, 2.75) is 26.3 Å². The minimum atomic E-state index is -0.146. The third-order valence-corrected chi connectivity index (χ3v) is 3.00. The van der Waals surface area contributed by atoms with Gasteiger partial charge in [0.1, 0.15) is 11.6 Å². The predicted molar refractivity (Wildman–Crippen MR) is 82.4 cm³/mol. The number of H-pyrrole nitrogens is 1. The molecule has 6 heteroatoms. The molecule has 0 radical (unpaired) electrons. The quantitative estimate of drug-likeness (QED) is 0.848. The summed E-state index contributed by atoms with van der Waals surface area (Å²) >= 11 is 0. The number of pyridine rings is 1. The molecule has 0 saturated carbocycles. The van der Waals surface area contributed by atoms with Gasteiger partial charge in [-0.15, -0.1) is 0 Å². The lowest BCUT2D eigenvalue weighted by Gasteiger charge is -2.13. The number of aromatic amines is 1. The number of hydrogen-bond acceptors (Lipinski definition) is 5. The van der Waals surface area contributed by atoms with Gasteiger partial charge in [0, 0.05) is 36.7 Å². The number of aryl methyl sites for hydroxylation is 1. The number of nitrogens with zero attached hydrogens (tertiary/aromatic N) is 2. The first-order valence-corrected chi connectivity index (χ1v) is 6.94. The van der Waals surface area contributed by atoms with Crippen LogP contribution in [0.2, 0.25) is 0 Å². The smallest absolute Gasteiger partial charge is 0.251 e. The van der Waals surface area contributed by atoms with E-state index in [1.807, 2.05) is 26.0 Å². The molecule has 0 aliphatic carbocycles. The lowest BCUT2D eigenvalue weighted by molar-refractivity contribution is 0.190. The van der Waals surface area contributed by atoms with Crippen molar-refractivity contribution >= 4 is 5.82 Å². The van der Waals surface area contributed by atoms with Crippen molar-refractivity contribution in [1.82, 2.24) is 15.0 Å². The van der Waals surface area contributed by atoms with Gasteiger partial charge >= 0.3 is 0 Å². The summed E-state index contributed by atoms with van der Waals surface area (Å²) in [6.45, 7) is 4.59. The zero-order valence-electron chi connectivity index (χ0n) is 12.5. The Morgan fingerprint density at radius 3 is 2.86 bits per heavy atom. The van der Waals surface area contributed by atoms with Crippen molar-refractivity contribution in [3.8, 4) is 11.4 Å². The summed E-state index contributed by atoms with van der Waals surface area (Å²) in [5.41, 5.74) is 1.41.